The van der Waals surface area contributed by atoms with E-state index in [9.17, 15) is 14.4 Å². The van der Waals surface area contributed by atoms with Crippen LogP contribution in [0.25, 0.3) is 0 Å². The summed E-state index contributed by atoms with van der Waals surface area (Å²) in [5.41, 5.74) is 8.76. The highest BCUT2D eigenvalue weighted by Gasteiger charge is 2.33. The van der Waals surface area contributed by atoms with Crippen molar-refractivity contribution < 1.29 is 19.1 Å². The van der Waals surface area contributed by atoms with Crippen molar-refractivity contribution in [1.82, 2.24) is 0 Å². The van der Waals surface area contributed by atoms with Crippen molar-refractivity contribution in [2.75, 3.05) is 23.4 Å². The van der Waals surface area contributed by atoms with Crippen LogP contribution in [0.2, 0.25) is 0 Å². The fourth-order valence-corrected chi connectivity index (χ4v) is 3.08. The maximum Gasteiger partial charge on any atom is 0.262 e. The topological polar surface area (TPSA) is 102 Å². The minimum absolute atomic E-state index is 0.126. The number of rotatable bonds is 6. The molecule has 3 N–H and O–H groups in total. The first-order valence-corrected chi connectivity index (χ1v) is 9.03. The smallest absolute Gasteiger partial charge is 0.262 e. The Morgan fingerprint density at radius 3 is 2.54 bits per heavy atom. The molecule has 3 rings (SSSR count). The first-order chi connectivity index (χ1) is 13.3. The largest absolute Gasteiger partial charge is 0.484 e. The van der Waals surface area contributed by atoms with Crippen LogP contribution >= 0.6 is 0 Å². The molecule has 1 fully saturated rings. The average Bonchev–Trinajstić information content (AvgIpc) is 3.05. The first kappa shape index (κ1) is 19.4. The molecule has 1 saturated heterocycles. The number of hydrogen-bond acceptors (Lipinski definition) is 4. The summed E-state index contributed by atoms with van der Waals surface area (Å²) in [6.07, 6.45) is 0.131. The van der Waals surface area contributed by atoms with Crippen LogP contribution in [0, 0.1) is 19.8 Å². The van der Waals surface area contributed by atoms with Gasteiger partial charge in [-0.05, 0) is 55.3 Å². The number of amides is 3. The van der Waals surface area contributed by atoms with E-state index in [1.165, 1.54) is 4.90 Å². The summed E-state index contributed by atoms with van der Waals surface area (Å²) in [7, 11) is 0. The number of carbonyl (C=O) groups is 3. The van der Waals surface area contributed by atoms with E-state index in [0.29, 0.717) is 11.4 Å². The van der Waals surface area contributed by atoms with Gasteiger partial charge in [-0.2, -0.15) is 0 Å². The molecule has 0 aliphatic carbocycles. The number of nitrogens with two attached hydrogens (primary N) is 1. The van der Waals surface area contributed by atoms with Crippen LogP contribution in [0.4, 0.5) is 11.4 Å². The molecule has 0 aromatic heterocycles. The molecular formula is C21H23N3O4. The van der Waals surface area contributed by atoms with Crippen LogP contribution in [0.15, 0.2) is 42.5 Å². The molecule has 0 saturated carbocycles. The molecule has 7 nitrogen and oxygen atoms in total. The van der Waals surface area contributed by atoms with E-state index in [1.807, 2.05) is 32.0 Å². The number of ether oxygens (including phenoxy) is 1. The molecule has 1 unspecified atom stereocenters. The normalized spacial score (nSPS) is 16.1. The van der Waals surface area contributed by atoms with Gasteiger partial charge < -0.3 is 20.7 Å². The van der Waals surface area contributed by atoms with Crippen molar-refractivity contribution in [1.29, 1.82) is 0 Å². The van der Waals surface area contributed by atoms with E-state index in [4.69, 9.17) is 10.5 Å². The summed E-state index contributed by atoms with van der Waals surface area (Å²) in [4.78, 5) is 37.0. The third-order valence-electron chi connectivity index (χ3n) is 4.71. The van der Waals surface area contributed by atoms with Crippen LogP contribution in [0.5, 0.6) is 5.75 Å². The SMILES string of the molecule is Cc1ccc(C)c(NC(=O)COc2ccc(N3CC(C(N)=O)CC3=O)cc2)c1. The minimum atomic E-state index is -0.467. The second kappa shape index (κ2) is 8.12. The molecule has 28 heavy (non-hydrogen) atoms. The third-order valence-corrected chi connectivity index (χ3v) is 4.71. The average molecular weight is 381 g/mol. The molecule has 1 aliphatic heterocycles. The van der Waals surface area contributed by atoms with E-state index in [-0.39, 0.29) is 31.4 Å². The fourth-order valence-electron chi connectivity index (χ4n) is 3.08. The zero-order chi connectivity index (χ0) is 20.3. The molecule has 7 heteroatoms. The van der Waals surface area contributed by atoms with Gasteiger partial charge in [0, 0.05) is 24.3 Å². The lowest BCUT2D eigenvalue weighted by Crippen LogP contribution is -2.28. The Labute approximate surface area is 163 Å². The van der Waals surface area contributed by atoms with Gasteiger partial charge in [0.05, 0.1) is 5.92 Å². The van der Waals surface area contributed by atoms with Gasteiger partial charge in [-0.15, -0.1) is 0 Å². The number of hydrogen-bond donors (Lipinski definition) is 2. The number of aryl methyl sites for hydroxylation is 2. The lowest BCUT2D eigenvalue weighted by molar-refractivity contribution is -0.123. The predicted molar refractivity (Wildman–Crippen MR) is 106 cm³/mol. The summed E-state index contributed by atoms with van der Waals surface area (Å²) in [6.45, 7) is 4.05. The van der Waals surface area contributed by atoms with Crippen molar-refractivity contribution in [2.24, 2.45) is 11.7 Å². The maximum absolute atomic E-state index is 12.1. The highest BCUT2D eigenvalue weighted by molar-refractivity contribution is 6.00. The van der Waals surface area contributed by atoms with Crippen LogP contribution in [0.3, 0.4) is 0 Å². The van der Waals surface area contributed by atoms with E-state index >= 15 is 0 Å². The van der Waals surface area contributed by atoms with Crippen molar-refractivity contribution in [3.05, 3.63) is 53.6 Å². The molecule has 1 heterocycles. The van der Waals surface area contributed by atoms with Crippen LogP contribution in [-0.2, 0) is 14.4 Å². The minimum Gasteiger partial charge on any atom is -0.484 e. The molecule has 2 aromatic carbocycles. The van der Waals surface area contributed by atoms with E-state index in [2.05, 4.69) is 5.32 Å². The standard InChI is InChI=1S/C21H23N3O4/c1-13-3-4-14(2)18(9-13)23-19(25)12-28-17-7-5-16(6-8-17)24-11-15(21(22)27)10-20(24)26/h3-9,15H,10-12H2,1-2H3,(H2,22,27)(H,23,25). The van der Waals surface area contributed by atoms with Gasteiger partial charge in [0.2, 0.25) is 11.8 Å². The van der Waals surface area contributed by atoms with E-state index in [1.54, 1.807) is 24.3 Å². The Balaban J connectivity index is 1.56. The van der Waals surface area contributed by atoms with Gasteiger partial charge >= 0.3 is 0 Å². The lowest BCUT2D eigenvalue weighted by atomic mass is 10.1. The van der Waals surface area contributed by atoms with E-state index in [0.717, 1.165) is 16.8 Å². The molecule has 0 bridgehead atoms. The second-order valence-electron chi connectivity index (χ2n) is 6.96. The summed E-state index contributed by atoms with van der Waals surface area (Å²) in [6, 6.07) is 12.7. The zero-order valence-corrected chi connectivity index (χ0v) is 15.9. The number of benzene rings is 2. The summed E-state index contributed by atoms with van der Waals surface area (Å²) in [5, 5.41) is 2.84. The van der Waals surface area contributed by atoms with Crippen molar-refractivity contribution >= 4 is 29.1 Å². The molecule has 1 aliphatic rings. The van der Waals surface area contributed by atoms with Crippen LogP contribution in [0.1, 0.15) is 17.5 Å². The van der Waals surface area contributed by atoms with Crippen molar-refractivity contribution in [3.8, 4) is 5.75 Å². The Hall–Kier alpha value is -3.35. The molecule has 0 radical (unpaired) electrons. The lowest BCUT2D eigenvalue weighted by Gasteiger charge is -2.17. The quantitative estimate of drug-likeness (QED) is 0.800. The summed E-state index contributed by atoms with van der Waals surface area (Å²) in [5.74, 6) is -0.803. The van der Waals surface area contributed by atoms with Gasteiger partial charge in [-0.1, -0.05) is 12.1 Å². The molecule has 2 aromatic rings. The summed E-state index contributed by atoms with van der Waals surface area (Å²) >= 11 is 0. The number of anilines is 2. The highest BCUT2D eigenvalue weighted by atomic mass is 16.5. The molecule has 146 valence electrons. The van der Waals surface area contributed by atoms with Crippen molar-refractivity contribution in [2.45, 2.75) is 20.3 Å². The summed E-state index contributed by atoms with van der Waals surface area (Å²) < 4.78 is 5.52. The van der Waals surface area contributed by atoms with Gasteiger partial charge in [0.25, 0.3) is 5.91 Å². The van der Waals surface area contributed by atoms with E-state index < -0.39 is 11.8 Å². The molecule has 3 amide bonds. The Morgan fingerprint density at radius 1 is 1.18 bits per heavy atom. The number of carbonyl (C=O) groups excluding carboxylic acids is 3. The molecule has 0 spiro atoms. The molecule has 1 atom stereocenters. The fraction of sp³-hybridized carbons (Fsp3) is 0.286. The van der Waals surface area contributed by atoms with Gasteiger partial charge in [0.15, 0.2) is 6.61 Å². The number of nitrogens with zero attached hydrogens (tertiary/aromatic N) is 1. The predicted octanol–water partition coefficient (Wildman–Crippen LogP) is 2.16. The Kier molecular flexibility index (Phi) is 5.63. The van der Waals surface area contributed by atoms with Gasteiger partial charge in [-0.3, -0.25) is 14.4 Å². The van der Waals surface area contributed by atoms with Crippen molar-refractivity contribution in [3.63, 3.8) is 0 Å². The Morgan fingerprint density at radius 2 is 1.89 bits per heavy atom. The van der Waals surface area contributed by atoms with Crippen LogP contribution in [-0.4, -0.2) is 30.9 Å². The number of nitrogens with one attached hydrogen (secondary N) is 1. The number of primary amides is 1. The zero-order valence-electron chi connectivity index (χ0n) is 15.9. The Bertz CT molecular complexity index is 908. The van der Waals surface area contributed by atoms with Gasteiger partial charge in [0.1, 0.15) is 5.75 Å². The third kappa shape index (κ3) is 4.49. The van der Waals surface area contributed by atoms with Gasteiger partial charge in [-0.25, -0.2) is 0 Å². The monoisotopic (exact) mass is 381 g/mol. The van der Waals surface area contributed by atoms with Crippen LogP contribution < -0.4 is 20.7 Å². The second-order valence-corrected chi connectivity index (χ2v) is 6.96. The first-order valence-electron chi connectivity index (χ1n) is 9.03. The molecular weight excluding hydrogens is 358 g/mol. The maximum atomic E-state index is 12.1. The highest BCUT2D eigenvalue weighted by Crippen LogP contribution is 2.26.